The van der Waals surface area contributed by atoms with Gasteiger partial charge in [-0.05, 0) is 33.2 Å². The van der Waals surface area contributed by atoms with Gasteiger partial charge in [0.15, 0.2) is 0 Å². The van der Waals surface area contributed by atoms with Crippen molar-refractivity contribution in [1.29, 1.82) is 0 Å². The summed E-state index contributed by atoms with van der Waals surface area (Å²) in [7, 11) is 0. The van der Waals surface area contributed by atoms with Crippen molar-refractivity contribution in [2.75, 3.05) is 26.2 Å². The van der Waals surface area contributed by atoms with E-state index in [1.54, 1.807) is 0 Å². The molecule has 0 fully saturated rings. The summed E-state index contributed by atoms with van der Waals surface area (Å²) in [6, 6.07) is 0. The van der Waals surface area contributed by atoms with Crippen LogP contribution in [0.1, 0.15) is 65.7 Å². The first-order valence-electron chi connectivity index (χ1n) is 8.12. The van der Waals surface area contributed by atoms with Crippen LogP contribution in [-0.2, 0) is 9.53 Å². The van der Waals surface area contributed by atoms with Crippen molar-refractivity contribution in [3.05, 3.63) is 0 Å². The third kappa shape index (κ3) is 13.8. The number of nitrogens with zero attached hydrogens (tertiary/aromatic N) is 1. The van der Waals surface area contributed by atoms with Gasteiger partial charge in [-0.15, -0.1) is 0 Å². The fourth-order valence-electron chi connectivity index (χ4n) is 2.14. The molecule has 0 amide bonds. The Hall–Kier alpha value is -0.610. The molecule has 0 aliphatic heterocycles. The molecule has 0 heterocycles. The number of hydrogen-bond donors (Lipinski definition) is 1. The Morgan fingerprint density at radius 2 is 1.70 bits per heavy atom. The molecule has 0 saturated heterocycles. The molecule has 0 aromatic rings. The molecule has 0 spiro atoms. The van der Waals surface area contributed by atoms with Gasteiger partial charge in [-0.1, -0.05) is 32.6 Å². The van der Waals surface area contributed by atoms with E-state index in [0.29, 0.717) is 6.54 Å². The first-order chi connectivity index (χ1) is 9.56. The fourth-order valence-corrected chi connectivity index (χ4v) is 2.14. The van der Waals surface area contributed by atoms with Gasteiger partial charge in [0, 0.05) is 19.7 Å². The van der Waals surface area contributed by atoms with Gasteiger partial charge >= 0.3 is 5.97 Å². The maximum atomic E-state index is 10.7. The first-order valence-corrected chi connectivity index (χ1v) is 8.12. The Morgan fingerprint density at radius 1 is 1.05 bits per heavy atom. The molecule has 0 bridgehead atoms. The predicted molar refractivity (Wildman–Crippen MR) is 83.2 cm³/mol. The molecule has 0 aromatic carbocycles. The fraction of sp³-hybridized carbons (Fsp3) is 0.938. The van der Waals surface area contributed by atoms with Crippen LogP contribution in [0.2, 0.25) is 0 Å². The van der Waals surface area contributed by atoms with Gasteiger partial charge in [0.25, 0.3) is 0 Å². The van der Waals surface area contributed by atoms with Gasteiger partial charge in [0.2, 0.25) is 0 Å². The Morgan fingerprint density at radius 3 is 2.30 bits per heavy atom. The lowest BCUT2D eigenvalue weighted by Gasteiger charge is -2.21. The molecule has 1 N–H and O–H groups in total. The Kier molecular flexibility index (Phi) is 13.0. The number of ether oxygens (including phenoxy) is 1. The van der Waals surface area contributed by atoms with Gasteiger partial charge in [0.1, 0.15) is 0 Å². The summed E-state index contributed by atoms with van der Waals surface area (Å²) in [6.07, 6.45) is 7.76. The zero-order valence-electron chi connectivity index (χ0n) is 13.6. The quantitative estimate of drug-likeness (QED) is 0.496. The van der Waals surface area contributed by atoms with Crippen molar-refractivity contribution in [3.63, 3.8) is 0 Å². The van der Waals surface area contributed by atoms with E-state index in [0.717, 1.165) is 26.1 Å². The molecular formula is C16H33NO3. The summed E-state index contributed by atoms with van der Waals surface area (Å²) in [6.45, 7) is 9.66. The van der Waals surface area contributed by atoms with Crippen molar-refractivity contribution in [1.82, 2.24) is 4.90 Å². The molecule has 120 valence electrons. The van der Waals surface area contributed by atoms with Crippen LogP contribution >= 0.6 is 0 Å². The summed E-state index contributed by atoms with van der Waals surface area (Å²) in [4.78, 5) is 13.0. The van der Waals surface area contributed by atoms with Crippen LogP contribution in [0.15, 0.2) is 0 Å². The van der Waals surface area contributed by atoms with E-state index < -0.39 is 5.97 Å². The SMILES string of the molecule is CCCCCCCN(CCCOC(C)C)CCC(=O)O. The van der Waals surface area contributed by atoms with E-state index in [4.69, 9.17) is 9.84 Å². The van der Waals surface area contributed by atoms with Crippen molar-refractivity contribution in [2.24, 2.45) is 0 Å². The number of rotatable bonds is 14. The van der Waals surface area contributed by atoms with E-state index >= 15 is 0 Å². The predicted octanol–water partition coefficient (Wildman–Crippen LogP) is 3.55. The van der Waals surface area contributed by atoms with Gasteiger partial charge < -0.3 is 14.7 Å². The minimum absolute atomic E-state index is 0.236. The molecule has 0 rings (SSSR count). The molecule has 20 heavy (non-hydrogen) atoms. The Labute approximate surface area is 124 Å². The molecule has 4 nitrogen and oxygen atoms in total. The normalized spacial score (nSPS) is 11.4. The summed E-state index contributed by atoms with van der Waals surface area (Å²) >= 11 is 0. The van der Waals surface area contributed by atoms with Crippen molar-refractivity contribution in [2.45, 2.75) is 71.8 Å². The minimum atomic E-state index is -0.709. The number of carboxylic acid groups (broad SMARTS) is 1. The van der Waals surface area contributed by atoms with E-state index in [-0.39, 0.29) is 12.5 Å². The number of carboxylic acids is 1. The van der Waals surface area contributed by atoms with Gasteiger partial charge in [0.05, 0.1) is 12.5 Å². The lowest BCUT2D eigenvalue weighted by molar-refractivity contribution is -0.137. The molecule has 0 radical (unpaired) electrons. The second-order valence-electron chi connectivity index (χ2n) is 5.67. The molecule has 0 atom stereocenters. The maximum absolute atomic E-state index is 10.7. The topological polar surface area (TPSA) is 49.8 Å². The number of hydrogen-bond acceptors (Lipinski definition) is 3. The maximum Gasteiger partial charge on any atom is 0.304 e. The Balaban J connectivity index is 3.78. The zero-order chi connectivity index (χ0) is 15.2. The van der Waals surface area contributed by atoms with E-state index in [2.05, 4.69) is 11.8 Å². The number of aliphatic carboxylic acids is 1. The van der Waals surface area contributed by atoms with E-state index in [1.165, 1.54) is 32.1 Å². The van der Waals surface area contributed by atoms with Gasteiger partial charge in [-0.2, -0.15) is 0 Å². The third-order valence-corrected chi connectivity index (χ3v) is 3.29. The smallest absolute Gasteiger partial charge is 0.304 e. The van der Waals surface area contributed by atoms with Gasteiger partial charge in [-0.25, -0.2) is 0 Å². The van der Waals surface area contributed by atoms with Crippen LogP contribution in [0.25, 0.3) is 0 Å². The van der Waals surface area contributed by atoms with Crippen molar-refractivity contribution in [3.8, 4) is 0 Å². The monoisotopic (exact) mass is 287 g/mol. The largest absolute Gasteiger partial charge is 0.481 e. The second-order valence-corrected chi connectivity index (χ2v) is 5.67. The summed E-state index contributed by atoms with van der Waals surface area (Å²) < 4.78 is 5.53. The van der Waals surface area contributed by atoms with Crippen LogP contribution in [-0.4, -0.2) is 48.3 Å². The van der Waals surface area contributed by atoms with Crippen LogP contribution in [0.4, 0.5) is 0 Å². The highest BCUT2D eigenvalue weighted by Gasteiger charge is 2.07. The summed E-state index contributed by atoms with van der Waals surface area (Å²) in [5, 5.41) is 8.80. The van der Waals surface area contributed by atoms with Crippen LogP contribution in [0, 0.1) is 0 Å². The summed E-state index contributed by atoms with van der Waals surface area (Å²) in [5.74, 6) is -0.709. The first kappa shape index (κ1) is 19.4. The van der Waals surface area contributed by atoms with E-state index in [1.807, 2.05) is 13.8 Å². The van der Waals surface area contributed by atoms with Crippen LogP contribution in [0.3, 0.4) is 0 Å². The highest BCUT2D eigenvalue weighted by Crippen LogP contribution is 2.05. The Bertz CT molecular complexity index is 232. The summed E-state index contributed by atoms with van der Waals surface area (Å²) in [5.41, 5.74) is 0. The number of unbranched alkanes of at least 4 members (excludes halogenated alkanes) is 4. The van der Waals surface area contributed by atoms with Gasteiger partial charge in [-0.3, -0.25) is 4.79 Å². The van der Waals surface area contributed by atoms with E-state index in [9.17, 15) is 4.79 Å². The molecule has 0 aliphatic carbocycles. The minimum Gasteiger partial charge on any atom is -0.481 e. The lowest BCUT2D eigenvalue weighted by Crippen LogP contribution is -2.29. The average Bonchev–Trinajstić information content (AvgIpc) is 2.39. The molecule has 0 saturated carbocycles. The second kappa shape index (κ2) is 13.4. The van der Waals surface area contributed by atoms with Crippen LogP contribution in [0.5, 0.6) is 0 Å². The standard InChI is InChI=1S/C16H33NO3/c1-4-5-6-7-8-11-17(13-10-16(18)19)12-9-14-20-15(2)3/h15H,4-14H2,1-3H3,(H,18,19). The average molecular weight is 287 g/mol. The molecule has 0 unspecified atom stereocenters. The van der Waals surface area contributed by atoms with Crippen molar-refractivity contribution < 1.29 is 14.6 Å². The molecule has 4 heteroatoms. The van der Waals surface area contributed by atoms with Crippen LogP contribution < -0.4 is 0 Å². The lowest BCUT2D eigenvalue weighted by atomic mass is 10.1. The highest BCUT2D eigenvalue weighted by atomic mass is 16.5. The molecule has 0 aromatic heterocycles. The molecular weight excluding hydrogens is 254 g/mol. The third-order valence-electron chi connectivity index (χ3n) is 3.29. The zero-order valence-corrected chi connectivity index (χ0v) is 13.6. The highest BCUT2D eigenvalue weighted by molar-refractivity contribution is 5.66. The number of carbonyl (C=O) groups is 1. The molecule has 0 aliphatic rings. The van der Waals surface area contributed by atoms with Crippen molar-refractivity contribution >= 4 is 5.97 Å².